The van der Waals surface area contributed by atoms with Gasteiger partial charge in [-0.15, -0.1) is 0 Å². The number of quaternary nitrogens is 1. The first kappa shape index (κ1) is 20.9. The van der Waals surface area contributed by atoms with Gasteiger partial charge in [0.2, 0.25) is 0 Å². The lowest BCUT2D eigenvalue weighted by Gasteiger charge is -2.32. The van der Waals surface area contributed by atoms with Crippen LogP contribution in [0.1, 0.15) is 47.0 Å². The van der Waals surface area contributed by atoms with Crippen molar-refractivity contribution in [1.82, 2.24) is 5.32 Å². The van der Waals surface area contributed by atoms with E-state index in [1.165, 1.54) is 29.7 Å². The van der Waals surface area contributed by atoms with Crippen LogP contribution in [0.5, 0.6) is 5.75 Å². The molecule has 1 aliphatic rings. The Kier molecular flexibility index (Phi) is 6.44. The van der Waals surface area contributed by atoms with E-state index in [9.17, 15) is 4.79 Å². The van der Waals surface area contributed by atoms with Crippen LogP contribution >= 0.6 is 15.9 Å². The first-order valence-corrected chi connectivity index (χ1v) is 11.3. The summed E-state index contributed by atoms with van der Waals surface area (Å²) in [4.78, 5) is 14.5. The molecule has 1 aromatic heterocycles. The number of hydrogen-bond acceptors (Lipinski definition) is 3. The first-order chi connectivity index (χ1) is 14.6. The zero-order valence-electron chi connectivity index (χ0n) is 17.5. The number of furan rings is 1. The third kappa shape index (κ3) is 4.40. The van der Waals surface area contributed by atoms with Crippen LogP contribution in [0.15, 0.2) is 51.4 Å². The lowest BCUT2D eigenvalue weighted by atomic mass is 10.0. The first-order valence-electron chi connectivity index (χ1n) is 10.5. The van der Waals surface area contributed by atoms with Gasteiger partial charge in [0.1, 0.15) is 17.4 Å². The summed E-state index contributed by atoms with van der Waals surface area (Å²) < 4.78 is 12.2. The number of ether oxygens (including phenoxy) is 1. The molecule has 2 aromatic carbocycles. The van der Waals surface area contributed by atoms with Crippen LogP contribution in [0, 0.1) is 6.92 Å². The van der Waals surface area contributed by atoms with Crippen molar-refractivity contribution >= 4 is 32.8 Å². The third-order valence-electron chi connectivity index (χ3n) is 6.08. The molecule has 5 nitrogen and oxygen atoms in total. The average Bonchev–Trinajstić information content (AvgIpc) is 3.11. The second-order valence-corrected chi connectivity index (χ2v) is 8.87. The molecule has 3 aromatic rings. The molecule has 2 heterocycles. The zero-order chi connectivity index (χ0) is 21.1. The molecule has 0 saturated carbocycles. The van der Waals surface area contributed by atoms with Gasteiger partial charge in [0, 0.05) is 21.0 Å². The van der Waals surface area contributed by atoms with Crippen molar-refractivity contribution in [2.45, 2.75) is 32.2 Å². The summed E-state index contributed by atoms with van der Waals surface area (Å²) in [5, 5.41) is 4.10. The van der Waals surface area contributed by atoms with E-state index in [0.29, 0.717) is 12.3 Å². The lowest BCUT2D eigenvalue weighted by Crippen LogP contribution is -3.13. The fourth-order valence-corrected chi connectivity index (χ4v) is 4.73. The topological polar surface area (TPSA) is 55.9 Å². The van der Waals surface area contributed by atoms with Crippen LogP contribution in [-0.2, 0) is 0 Å². The zero-order valence-corrected chi connectivity index (χ0v) is 19.1. The number of nitrogens with one attached hydrogen (secondary N) is 2. The van der Waals surface area contributed by atoms with Crippen LogP contribution < -0.4 is 15.0 Å². The van der Waals surface area contributed by atoms with Gasteiger partial charge in [-0.3, -0.25) is 4.79 Å². The van der Waals surface area contributed by atoms with Crippen LogP contribution in [0.4, 0.5) is 0 Å². The Morgan fingerprint density at radius 3 is 2.60 bits per heavy atom. The van der Waals surface area contributed by atoms with Gasteiger partial charge in [0.05, 0.1) is 26.7 Å². The molecule has 0 aliphatic carbocycles. The SMILES string of the molecule is COc1ccc([C@@H](CNC(=O)c2oc3ccc(Br)cc3c2C)[NH+]2CCCCC2)cc1. The molecule has 2 N–H and O–H groups in total. The Morgan fingerprint density at radius 2 is 1.90 bits per heavy atom. The highest BCUT2D eigenvalue weighted by molar-refractivity contribution is 9.10. The molecule has 30 heavy (non-hydrogen) atoms. The van der Waals surface area contributed by atoms with E-state index in [2.05, 4.69) is 33.4 Å². The Labute approximate surface area is 185 Å². The fraction of sp³-hybridized carbons (Fsp3) is 0.375. The number of hydrogen-bond donors (Lipinski definition) is 2. The van der Waals surface area contributed by atoms with E-state index in [0.717, 1.165) is 39.8 Å². The van der Waals surface area contributed by atoms with Crippen molar-refractivity contribution in [1.29, 1.82) is 0 Å². The number of carbonyl (C=O) groups is 1. The van der Waals surface area contributed by atoms with Gasteiger partial charge in [0.15, 0.2) is 5.76 Å². The van der Waals surface area contributed by atoms with Crippen LogP contribution in [0.25, 0.3) is 11.0 Å². The van der Waals surface area contributed by atoms with E-state index in [1.54, 1.807) is 7.11 Å². The van der Waals surface area contributed by atoms with Crippen LogP contribution in [0.2, 0.25) is 0 Å². The Bertz CT molecular complexity index is 1020. The van der Waals surface area contributed by atoms with Gasteiger partial charge >= 0.3 is 0 Å². The minimum Gasteiger partial charge on any atom is -0.497 e. The molecule has 1 aliphatic heterocycles. The second kappa shape index (κ2) is 9.23. The molecular weight excluding hydrogens is 444 g/mol. The van der Waals surface area contributed by atoms with E-state index < -0.39 is 0 Å². The predicted octanol–water partition coefficient (Wildman–Crippen LogP) is 4.05. The standard InChI is InChI=1S/C24H27BrN2O3/c1-16-20-14-18(25)8-11-22(20)30-23(16)24(28)26-15-21(27-12-4-3-5-13-27)17-6-9-19(29-2)10-7-17/h6-11,14,21H,3-5,12-13,15H2,1-2H3,(H,26,28)/p+1/t21-/m1/s1. The summed E-state index contributed by atoms with van der Waals surface area (Å²) in [5.41, 5.74) is 2.82. The Hall–Kier alpha value is -2.31. The van der Waals surface area contributed by atoms with Gasteiger partial charge in [-0.25, -0.2) is 0 Å². The smallest absolute Gasteiger partial charge is 0.287 e. The number of piperidine rings is 1. The van der Waals surface area contributed by atoms with Gasteiger partial charge in [-0.1, -0.05) is 15.9 Å². The average molecular weight is 472 g/mol. The molecule has 1 saturated heterocycles. The quantitative estimate of drug-likeness (QED) is 0.569. The van der Waals surface area contributed by atoms with Gasteiger partial charge in [-0.2, -0.15) is 0 Å². The number of likely N-dealkylation sites (tertiary alicyclic amines) is 1. The number of carbonyl (C=O) groups excluding carboxylic acids is 1. The van der Waals surface area contributed by atoms with Crippen molar-refractivity contribution in [3.05, 3.63) is 63.8 Å². The second-order valence-electron chi connectivity index (χ2n) is 7.95. The van der Waals surface area contributed by atoms with E-state index in [-0.39, 0.29) is 11.9 Å². The summed E-state index contributed by atoms with van der Waals surface area (Å²) in [6, 6.07) is 14.2. The minimum absolute atomic E-state index is 0.158. The maximum absolute atomic E-state index is 13.0. The number of halogens is 1. The number of fused-ring (bicyclic) bond motifs is 1. The van der Waals surface area contributed by atoms with E-state index >= 15 is 0 Å². The summed E-state index contributed by atoms with van der Waals surface area (Å²) >= 11 is 3.49. The molecule has 0 spiro atoms. The summed E-state index contributed by atoms with van der Waals surface area (Å²) in [6.45, 7) is 4.76. The number of aryl methyl sites for hydroxylation is 1. The van der Waals surface area contributed by atoms with E-state index in [1.807, 2.05) is 37.3 Å². The van der Waals surface area contributed by atoms with Gasteiger partial charge in [-0.05, 0) is 68.7 Å². The van der Waals surface area contributed by atoms with Crippen molar-refractivity contribution in [2.75, 3.05) is 26.7 Å². The highest BCUT2D eigenvalue weighted by Gasteiger charge is 2.27. The predicted molar refractivity (Wildman–Crippen MR) is 121 cm³/mol. The van der Waals surface area contributed by atoms with Crippen molar-refractivity contribution in [3.63, 3.8) is 0 Å². The normalized spacial score (nSPS) is 15.8. The number of benzene rings is 2. The molecule has 1 atom stereocenters. The van der Waals surface area contributed by atoms with Crippen molar-refractivity contribution in [3.8, 4) is 5.75 Å². The third-order valence-corrected chi connectivity index (χ3v) is 6.57. The van der Waals surface area contributed by atoms with Crippen LogP contribution in [0.3, 0.4) is 0 Å². The Morgan fingerprint density at radius 1 is 1.17 bits per heavy atom. The molecule has 0 radical (unpaired) electrons. The lowest BCUT2D eigenvalue weighted by molar-refractivity contribution is -0.935. The molecule has 4 rings (SSSR count). The van der Waals surface area contributed by atoms with E-state index in [4.69, 9.17) is 9.15 Å². The number of rotatable bonds is 6. The molecule has 0 unspecified atom stereocenters. The highest BCUT2D eigenvalue weighted by atomic mass is 79.9. The van der Waals surface area contributed by atoms with Gasteiger partial charge in [0.25, 0.3) is 5.91 Å². The fourth-order valence-electron chi connectivity index (χ4n) is 4.37. The largest absolute Gasteiger partial charge is 0.497 e. The molecule has 6 heteroatoms. The van der Waals surface area contributed by atoms with Crippen molar-refractivity contribution in [2.24, 2.45) is 0 Å². The van der Waals surface area contributed by atoms with Crippen molar-refractivity contribution < 1.29 is 18.8 Å². The Balaban J connectivity index is 1.54. The summed E-state index contributed by atoms with van der Waals surface area (Å²) in [6.07, 6.45) is 3.75. The maximum Gasteiger partial charge on any atom is 0.287 e. The summed E-state index contributed by atoms with van der Waals surface area (Å²) in [5.74, 6) is 1.08. The number of amides is 1. The van der Waals surface area contributed by atoms with Crippen LogP contribution in [-0.4, -0.2) is 32.7 Å². The monoisotopic (exact) mass is 471 g/mol. The summed E-state index contributed by atoms with van der Waals surface area (Å²) in [7, 11) is 1.68. The molecular formula is C24H28BrN2O3+. The molecule has 158 valence electrons. The van der Waals surface area contributed by atoms with Gasteiger partial charge < -0.3 is 19.4 Å². The molecule has 1 fully saturated rings. The maximum atomic E-state index is 13.0. The molecule has 0 bridgehead atoms. The molecule has 1 amide bonds. The highest BCUT2D eigenvalue weighted by Crippen LogP contribution is 2.28. The number of methoxy groups -OCH3 is 1. The minimum atomic E-state index is -0.158.